The van der Waals surface area contributed by atoms with Crippen LogP contribution in [0.3, 0.4) is 0 Å². The Morgan fingerprint density at radius 2 is 1.89 bits per heavy atom. The molecule has 0 N–H and O–H groups in total. The maximum Gasteiger partial charge on any atom is 0.159 e. The molecule has 1 aromatic carbocycles. The van der Waals surface area contributed by atoms with Gasteiger partial charge in [-0.15, -0.1) is 0 Å². The summed E-state index contributed by atoms with van der Waals surface area (Å²) in [5.74, 6) is 0.947. The van der Waals surface area contributed by atoms with E-state index in [0.717, 1.165) is 28.5 Å². The van der Waals surface area contributed by atoms with Gasteiger partial charge >= 0.3 is 0 Å². The van der Waals surface area contributed by atoms with Crippen molar-refractivity contribution in [1.82, 2.24) is 0 Å². The van der Waals surface area contributed by atoms with Gasteiger partial charge in [-0.1, -0.05) is 54.1 Å². The molecule has 0 saturated carbocycles. The second kappa shape index (κ2) is 6.33. The van der Waals surface area contributed by atoms with Crippen LogP contribution in [-0.4, -0.2) is 5.78 Å². The summed E-state index contributed by atoms with van der Waals surface area (Å²) in [7, 11) is 0. The molecule has 0 heterocycles. The standard InChI is InChI=1S/C17H19BrO/c1-12(2)16-10-7-14(11-17(16)19)4-3-13-5-8-15(18)9-6-13/h3-6,8-9,11-12,16H,7,10H2,1-2H3/b4-3+/t16-/m0/s1. The zero-order valence-corrected chi connectivity index (χ0v) is 13.0. The van der Waals surface area contributed by atoms with Crippen LogP contribution in [0.25, 0.3) is 6.08 Å². The number of hydrogen-bond acceptors (Lipinski definition) is 1. The largest absolute Gasteiger partial charge is 0.295 e. The number of carbonyl (C=O) groups excluding carboxylic acids is 1. The van der Waals surface area contributed by atoms with Crippen LogP contribution < -0.4 is 0 Å². The van der Waals surface area contributed by atoms with Crippen LogP contribution in [0.4, 0.5) is 0 Å². The van der Waals surface area contributed by atoms with Crippen molar-refractivity contribution in [3.8, 4) is 0 Å². The van der Waals surface area contributed by atoms with Crippen LogP contribution >= 0.6 is 15.9 Å². The summed E-state index contributed by atoms with van der Waals surface area (Å²) in [5, 5.41) is 0. The third kappa shape index (κ3) is 3.90. The minimum Gasteiger partial charge on any atom is -0.295 e. The summed E-state index contributed by atoms with van der Waals surface area (Å²) in [6.07, 6.45) is 7.94. The first kappa shape index (κ1) is 14.3. The molecule has 0 amide bonds. The third-order valence-corrected chi connectivity index (χ3v) is 4.13. The summed E-state index contributed by atoms with van der Waals surface area (Å²) in [6.45, 7) is 4.25. The molecule has 2 rings (SSSR count). The smallest absolute Gasteiger partial charge is 0.159 e. The molecule has 1 aromatic rings. The number of hydrogen-bond donors (Lipinski definition) is 0. The molecule has 0 aliphatic heterocycles. The van der Waals surface area contributed by atoms with E-state index in [4.69, 9.17) is 0 Å². The van der Waals surface area contributed by atoms with Crippen molar-refractivity contribution in [2.75, 3.05) is 0 Å². The predicted octanol–water partition coefficient (Wildman–Crippen LogP) is 5.02. The molecule has 0 spiro atoms. The number of halogens is 1. The zero-order valence-electron chi connectivity index (χ0n) is 11.4. The molecule has 0 radical (unpaired) electrons. The zero-order chi connectivity index (χ0) is 13.8. The van der Waals surface area contributed by atoms with Gasteiger partial charge in [-0.2, -0.15) is 0 Å². The first-order valence-corrected chi connectivity index (χ1v) is 7.53. The lowest BCUT2D eigenvalue weighted by atomic mass is 9.81. The Balaban J connectivity index is 2.06. The van der Waals surface area contributed by atoms with E-state index >= 15 is 0 Å². The lowest BCUT2D eigenvalue weighted by Crippen LogP contribution is -2.22. The Morgan fingerprint density at radius 1 is 1.21 bits per heavy atom. The summed E-state index contributed by atoms with van der Waals surface area (Å²) in [5.41, 5.74) is 2.30. The van der Waals surface area contributed by atoms with Crippen LogP contribution in [0, 0.1) is 11.8 Å². The van der Waals surface area contributed by atoms with Gasteiger partial charge in [0.2, 0.25) is 0 Å². The topological polar surface area (TPSA) is 17.1 Å². The van der Waals surface area contributed by atoms with E-state index in [-0.39, 0.29) is 11.7 Å². The van der Waals surface area contributed by atoms with Crippen molar-refractivity contribution in [2.24, 2.45) is 11.8 Å². The quantitative estimate of drug-likeness (QED) is 0.764. The second-order valence-corrected chi connectivity index (χ2v) is 6.31. The average Bonchev–Trinajstić information content (AvgIpc) is 2.37. The van der Waals surface area contributed by atoms with Crippen LogP contribution in [0.15, 0.2) is 46.5 Å². The van der Waals surface area contributed by atoms with E-state index in [9.17, 15) is 4.79 Å². The maximum atomic E-state index is 12.0. The molecule has 19 heavy (non-hydrogen) atoms. The number of benzene rings is 1. The van der Waals surface area contributed by atoms with Crippen LogP contribution in [0.2, 0.25) is 0 Å². The van der Waals surface area contributed by atoms with Crippen molar-refractivity contribution in [1.29, 1.82) is 0 Å². The van der Waals surface area contributed by atoms with Gasteiger partial charge in [0, 0.05) is 10.4 Å². The predicted molar refractivity (Wildman–Crippen MR) is 83.8 cm³/mol. The fourth-order valence-electron chi connectivity index (χ4n) is 2.40. The van der Waals surface area contributed by atoms with Crippen LogP contribution in [0.1, 0.15) is 32.3 Å². The van der Waals surface area contributed by atoms with Gasteiger partial charge in [-0.3, -0.25) is 4.79 Å². The van der Waals surface area contributed by atoms with Gasteiger partial charge in [-0.05, 0) is 48.1 Å². The number of carbonyl (C=O) groups is 1. The maximum absolute atomic E-state index is 12.0. The monoisotopic (exact) mass is 318 g/mol. The molecular formula is C17H19BrO. The van der Waals surface area contributed by atoms with Gasteiger partial charge in [-0.25, -0.2) is 0 Å². The van der Waals surface area contributed by atoms with E-state index in [0.29, 0.717) is 5.92 Å². The Labute approximate surface area is 123 Å². The molecule has 100 valence electrons. The Hall–Kier alpha value is -1.15. The van der Waals surface area contributed by atoms with Crippen LogP contribution in [-0.2, 0) is 4.79 Å². The van der Waals surface area contributed by atoms with Gasteiger partial charge in [0.15, 0.2) is 5.78 Å². The lowest BCUT2D eigenvalue weighted by molar-refractivity contribution is -0.120. The second-order valence-electron chi connectivity index (χ2n) is 5.40. The SMILES string of the molecule is CC(C)[C@@H]1CCC(/C=C/c2ccc(Br)cc2)=CC1=O. The molecule has 2 heteroatoms. The highest BCUT2D eigenvalue weighted by atomic mass is 79.9. The van der Waals surface area contributed by atoms with Crippen molar-refractivity contribution in [2.45, 2.75) is 26.7 Å². The van der Waals surface area contributed by atoms with Crippen molar-refractivity contribution >= 4 is 27.8 Å². The summed E-state index contributed by atoms with van der Waals surface area (Å²) in [6, 6.07) is 8.16. The summed E-state index contributed by atoms with van der Waals surface area (Å²) < 4.78 is 1.08. The first-order chi connectivity index (χ1) is 9.06. The Morgan fingerprint density at radius 3 is 2.47 bits per heavy atom. The highest BCUT2D eigenvalue weighted by Gasteiger charge is 2.23. The first-order valence-electron chi connectivity index (χ1n) is 6.74. The summed E-state index contributed by atoms with van der Waals surface area (Å²) >= 11 is 3.42. The highest BCUT2D eigenvalue weighted by molar-refractivity contribution is 9.10. The fraction of sp³-hybridized carbons (Fsp3) is 0.353. The minimum absolute atomic E-state index is 0.213. The van der Waals surface area contributed by atoms with E-state index in [1.807, 2.05) is 18.2 Å². The minimum atomic E-state index is 0.213. The molecule has 1 nitrogen and oxygen atoms in total. The van der Waals surface area contributed by atoms with Gasteiger partial charge in [0.25, 0.3) is 0 Å². The lowest BCUT2D eigenvalue weighted by Gasteiger charge is -2.22. The normalized spacial score (nSPS) is 20.1. The molecule has 0 bridgehead atoms. The van der Waals surface area contributed by atoms with Gasteiger partial charge in [0.1, 0.15) is 0 Å². The third-order valence-electron chi connectivity index (χ3n) is 3.60. The molecule has 1 aliphatic carbocycles. The molecule has 1 aliphatic rings. The Kier molecular flexibility index (Phi) is 4.76. The van der Waals surface area contributed by atoms with E-state index < -0.39 is 0 Å². The Bertz CT molecular complexity index is 509. The van der Waals surface area contributed by atoms with Gasteiger partial charge in [0.05, 0.1) is 0 Å². The molecule has 0 unspecified atom stereocenters. The number of allylic oxidation sites excluding steroid dienone is 3. The van der Waals surface area contributed by atoms with Crippen molar-refractivity contribution in [3.05, 3.63) is 52.0 Å². The molecule has 1 atom stereocenters. The molecule has 0 aromatic heterocycles. The van der Waals surface area contributed by atoms with E-state index in [1.54, 1.807) is 0 Å². The van der Waals surface area contributed by atoms with Gasteiger partial charge < -0.3 is 0 Å². The van der Waals surface area contributed by atoms with E-state index in [1.165, 1.54) is 0 Å². The average molecular weight is 319 g/mol. The number of rotatable bonds is 3. The molecular weight excluding hydrogens is 300 g/mol. The summed E-state index contributed by atoms with van der Waals surface area (Å²) in [4.78, 5) is 12.0. The van der Waals surface area contributed by atoms with Crippen molar-refractivity contribution < 1.29 is 4.79 Å². The van der Waals surface area contributed by atoms with Crippen LogP contribution in [0.5, 0.6) is 0 Å². The molecule has 0 saturated heterocycles. The molecule has 0 fully saturated rings. The fourth-order valence-corrected chi connectivity index (χ4v) is 2.66. The van der Waals surface area contributed by atoms with E-state index in [2.05, 4.69) is 54.1 Å². The highest BCUT2D eigenvalue weighted by Crippen LogP contribution is 2.27. The van der Waals surface area contributed by atoms with Crippen molar-refractivity contribution in [3.63, 3.8) is 0 Å². The number of ketones is 1.